The van der Waals surface area contributed by atoms with Crippen LogP contribution < -0.4 is 5.32 Å². The monoisotopic (exact) mass is 281 g/mol. The molecule has 0 aliphatic rings. The van der Waals surface area contributed by atoms with Crippen molar-refractivity contribution in [3.05, 3.63) is 23.2 Å². The molecule has 1 aromatic rings. The van der Waals surface area contributed by atoms with E-state index in [0.717, 1.165) is 12.2 Å². The lowest BCUT2D eigenvalue weighted by Crippen LogP contribution is -2.33. The zero-order valence-electron chi connectivity index (χ0n) is 12.5. The third kappa shape index (κ3) is 4.11. The van der Waals surface area contributed by atoms with Crippen molar-refractivity contribution in [2.75, 3.05) is 6.54 Å². The fourth-order valence-corrected chi connectivity index (χ4v) is 1.99. The number of aryl methyl sites for hydroxylation is 1. The van der Waals surface area contributed by atoms with Gasteiger partial charge in [-0.25, -0.2) is 0 Å². The Morgan fingerprint density at radius 1 is 1.40 bits per heavy atom. The molecule has 0 fully saturated rings. The van der Waals surface area contributed by atoms with Crippen LogP contribution >= 0.6 is 0 Å². The van der Waals surface area contributed by atoms with Gasteiger partial charge in [0, 0.05) is 12.5 Å². The number of hydrogen-bond donors (Lipinski definition) is 2. The van der Waals surface area contributed by atoms with Gasteiger partial charge in [0.1, 0.15) is 11.5 Å². The minimum Gasteiger partial charge on any atom is -0.481 e. The van der Waals surface area contributed by atoms with E-state index in [-0.39, 0.29) is 18.4 Å². The van der Waals surface area contributed by atoms with E-state index in [4.69, 9.17) is 9.52 Å². The average molecular weight is 281 g/mol. The summed E-state index contributed by atoms with van der Waals surface area (Å²) in [4.78, 5) is 23.1. The summed E-state index contributed by atoms with van der Waals surface area (Å²) in [7, 11) is 0. The quantitative estimate of drug-likeness (QED) is 0.805. The molecule has 0 aliphatic heterocycles. The van der Waals surface area contributed by atoms with Crippen molar-refractivity contribution >= 4 is 11.9 Å². The molecule has 0 saturated heterocycles. The lowest BCUT2D eigenvalue weighted by molar-refractivity contribution is -0.141. The van der Waals surface area contributed by atoms with Gasteiger partial charge in [0.15, 0.2) is 0 Å². The number of hydrogen-bond acceptors (Lipinski definition) is 3. The predicted molar refractivity (Wildman–Crippen MR) is 75.9 cm³/mol. The van der Waals surface area contributed by atoms with E-state index in [1.54, 1.807) is 13.0 Å². The van der Waals surface area contributed by atoms with Crippen LogP contribution in [-0.4, -0.2) is 23.5 Å². The van der Waals surface area contributed by atoms with Crippen LogP contribution in [0.4, 0.5) is 0 Å². The second-order valence-electron chi connectivity index (χ2n) is 5.31. The number of carboxylic acid groups (broad SMARTS) is 1. The first-order valence-electron chi connectivity index (χ1n) is 6.98. The van der Waals surface area contributed by atoms with Crippen molar-refractivity contribution in [1.29, 1.82) is 0 Å². The van der Waals surface area contributed by atoms with Gasteiger partial charge >= 0.3 is 5.97 Å². The summed E-state index contributed by atoms with van der Waals surface area (Å²) in [6.45, 7) is 7.78. The smallest absolute Gasteiger partial charge is 0.308 e. The van der Waals surface area contributed by atoms with Crippen molar-refractivity contribution < 1.29 is 19.1 Å². The molecule has 0 aliphatic carbocycles. The third-order valence-electron chi connectivity index (χ3n) is 3.25. The summed E-state index contributed by atoms with van der Waals surface area (Å²) in [5.74, 6) is -0.160. The van der Waals surface area contributed by atoms with E-state index in [0.29, 0.717) is 17.7 Å². The van der Waals surface area contributed by atoms with Gasteiger partial charge < -0.3 is 14.8 Å². The molecule has 5 nitrogen and oxygen atoms in total. The van der Waals surface area contributed by atoms with Gasteiger partial charge in [-0.3, -0.25) is 9.59 Å². The van der Waals surface area contributed by atoms with Crippen molar-refractivity contribution in [2.24, 2.45) is 5.92 Å². The van der Waals surface area contributed by atoms with Crippen molar-refractivity contribution in [3.63, 3.8) is 0 Å². The number of carbonyl (C=O) groups excluding carboxylic acids is 1. The molecule has 1 aromatic heterocycles. The van der Waals surface area contributed by atoms with E-state index >= 15 is 0 Å². The maximum Gasteiger partial charge on any atom is 0.308 e. The first-order valence-corrected chi connectivity index (χ1v) is 6.98. The molecule has 1 amide bonds. The topological polar surface area (TPSA) is 79.5 Å². The summed E-state index contributed by atoms with van der Waals surface area (Å²) >= 11 is 0. The van der Waals surface area contributed by atoms with Crippen LogP contribution in [0.15, 0.2) is 10.5 Å². The summed E-state index contributed by atoms with van der Waals surface area (Å²) in [6.07, 6.45) is 1.33. The van der Waals surface area contributed by atoms with Gasteiger partial charge in [0.2, 0.25) is 0 Å². The molecule has 0 saturated carbocycles. The molecule has 1 atom stereocenters. The SMILES string of the molecule is CCCC(CNC(=O)c1cc(C(C)C)oc1C)C(=O)O. The Morgan fingerprint density at radius 2 is 2.05 bits per heavy atom. The molecular formula is C15H23NO4. The van der Waals surface area contributed by atoms with E-state index in [9.17, 15) is 9.59 Å². The zero-order valence-corrected chi connectivity index (χ0v) is 12.5. The Morgan fingerprint density at radius 3 is 2.50 bits per heavy atom. The van der Waals surface area contributed by atoms with Crippen LogP contribution in [0.3, 0.4) is 0 Å². The van der Waals surface area contributed by atoms with E-state index in [1.807, 2.05) is 20.8 Å². The fourth-order valence-electron chi connectivity index (χ4n) is 1.99. The molecule has 0 radical (unpaired) electrons. The van der Waals surface area contributed by atoms with E-state index < -0.39 is 11.9 Å². The van der Waals surface area contributed by atoms with Crippen LogP contribution in [0.25, 0.3) is 0 Å². The molecule has 0 aromatic carbocycles. The molecule has 1 heterocycles. The number of carboxylic acids is 1. The molecular weight excluding hydrogens is 258 g/mol. The maximum atomic E-state index is 12.1. The number of amides is 1. The van der Waals surface area contributed by atoms with Gasteiger partial charge in [-0.1, -0.05) is 27.2 Å². The number of carbonyl (C=O) groups is 2. The van der Waals surface area contributed by atoms with Crippen molar-refractivity contribution in [2.45, 2.75) is 46.5 Å². The number of furan rings is 1. The van der Waals surface area contributed by atoms with Crippen LogP contribution in [-0.2, 0) is 4.79 Å². The molecule has 0 spiro atoms. The number of nitrogens with one attached hydrogen (secondary N) is 1. The molecule has 1 unspecified atom stereocenters. The highest BCUT2D eigenvalue weighted by Crippen LogP contribution is 2.21. The Kier molecular flexibility index (Phi) is 5.80. The van der Waals surface area contributed by atoms with E-state index in [1.165, 1.54) is 0 Å². The Labute approximate surface area is 119 Å². The minimum atomic E-state index is -0.876. The molecule has 1 rings (SSSR count). The standard InChI is InChI=1S/C15H23NO4/c1-5-6-11(15(18)19)8-16-14(17)12-7-13(9(2)3)20-10(12)4/h7,9,11H,5-6,8H2,1-4H3,(H,16,17)(H,18,19). The predicted octanol–water partition coefficient (Wildman–Crippen LogP) is 2.94. The van der Waals surface area contributed by atoms with E-state index in [2.05, 4.69) is 5.32 Å². The summed E-state index contributed by atoms with van der Waals surface area (Å²) in [5, 5.41) is 11.7. The van der Waals surface area contributed by atoms with Crippen LogP contribution in [0.2, 0.25) is 0 Å². The van der Waals surface area contributed by atoms with Crippen molar-refractivity contribution in [3.8, 4) is 0 Å². The highest BCUT2D eigenvalue weighted by Gasteiger charge is 2.20. The molecule has 112 valence electrons. The average Bonchev–Trinajstić information content (AvgIpc) is 2.76. The highest BCUT2D eigenvalue weighted by molar-refractivity contribution is 5.95. The lowest BCUT2D eigenvalue weighted by atomic mass is 10.0. The molecule has 20 heavy (non-hydrogen) atoms. The first kappa shape index (κ1) is 16.3. The zero-order chi connectivity index (χ0) is 15.3. The Hall–Kier alpha value is -1.78. The summed E-state index contributed by atoms with van der Waals surface area (Å²) < 4.78 is 5.52. The molecule has 0 bridgehead atoms. The highest BCUT2D eigenvalue weighted by atomic mass is 16.4. The molecule has 5 heteroatoms. The second-order valence-corrected chi connectivity index (χ2v) is 5.31. The first-order chi connectivity index (χ1) is 9.36. The number of rotatable bonds is 7. The largest absolute Gasteiger partial charge is 0.481 e. The van der Waals surface area contributed by atoms with Gasteiger partial charge in [0.25, 0.3) is 5.91 Å². The van der Waals surface area contributed by atoms with Gasteiger partial charge in [0.05, 0.1) is 11.5 Å². The van der Waals surface area contributed by atoms with Gasteiger partial charge in [-0.15, -0.1) is 0 Å². The normalized spacial score (nSPS) is 12.4. The minimum absolute atomic E-state index is 0.142. The Balaban J connectivity index is 2.69. The second kappa shape index (κ2) is 7.12. The van der Waals surface area contributed by atoms with Crippen LogP contribution in [0, 0.1) is 12.8 Å². The van der Waals surface area contributed by atoms with Crippen molar-refractivity contribution in [1.82, 2.24) is 5.32 Å². The third-order valence-corrected chi connectivity index (χ3v) is 3.25. The van der Waals surface area contributed by atoms with Gasteiger partial charge in [-0.2, -0.15) is 0 Å². The van der Waals surface area contributed by atoms with Crippen LogP contribution in [0.1, 0.15) is 61.4 Å². The van der Waals surface area contributed by atoms with Crippen LogP contribution in [0.5, 0.6) is 0 Å². The Bertz CT molecular complexity index is 476. The van der Waals surface area contributed by atoms with Gasteiger partial charge in [-0.05, 0) is 19.4 Å². The maximum absolute atomic E-state index is 12.1. The molecule has 2 N–H and O–H groups in total. The summed E-state index contributed by atoms with van der Waals surface area (Å²) in [6, 6.07) is 1.73. The lowest BCUT2D eigenvalue weighted by Gasteiger charge is -2.11. The number of aliphatic carboxylic acids is 1. The summed E-state index contributed by atoms with van der Waals surface area (Å²) in [5.41, 5.74) is 0.481. The fraction of sp³-hybridized carbons (Fsp3) is 0.600.